The minimum atomic E-state index is -0.268. The molecule has 130 valence electrons. The van der Waals surface area contributed by atoms with E-state index in [0.29, 0.717) is 5.56 Å². The van der Waals surface area contributed by atoms with Crippen LogP contribution in [-0.4, -0.2) is 20.7 Å². The first kappa shape index (κ1) is 16.5. The second-order valence-electron chi connectivity index (χ2n) is 6.11. The molecule has 5 nitrogen and oxygen atoms in total. The van der Waals surface area contributed by atoms with Gasteiger partial charge in [-0.1, -0.05) is 30.3 Å². The number of nitrogens with one attached hydrogen (secondary N) is 1. The lowest BCUT2D eigenvalue weighted by Gasteiger charge is -2.19. The normalized spacial score (nSPS) is 12.2. The van der Waals surface area contributed by atoms with Crippen LogP contribution in [0.2, 0.25) is 0 Å². The number of amides is 1. The van der Waals surface area contributed by atoms with Crippen LogP contribution in [0.1, 0.15) is 32.7 Å². The fourth-order valence-corrected chi connectivity index (χ4v) is 3.90. The van der Waals surface area contributed by atoms with Gasteiger partial charge in [-0.2, -0.15) is 5.10 Å². The molecule has 0 saturated carbocycles. The molecule has 0 radical (unpaired) electrons. The van der Waals surface area contributed by atoms with E-state index in [9.17, 15) is 4.79 Å². The van der Waals surface area contributed by atoms with E-state index in [2.05, 4.69) is 15.4 Å². The van der Waals surface area contributed by atoms with Crippen LogP contribution in [0.4, 0.5) is 0 Å². The van der Waals surface area contributed by atoms with Gasteiger partial charge in [0.1, 0.15) is 0 Å². The average Bonchev–Trinajstić information content (AvgIpc) is 3.24. The quantitative estimate of drug-likeness (QED) is 0.600. The van der Waals surface area contributed by atoms with Crippen molar-refractivity contribution in [3.05, 3.63) is 82.6 Å². The lowest BCUT2D eigenvalue weighted by Crippen LogP contribution is -2.30. The minimum absolute atomic E-state index is 0.118. The van der Waals surface area contributed by atoms with Gasteiger partial charge in [-0.15, -0.1) is 11.3 Å². The maximum Gasteiger partial charge on any atom is 0.252 e. The number of benzene rings is 2. The van der Waals surface area contributed by atoms with Gasteiger partial charge in [0.05, 0.1) is 27.0 Å². The first-order valence-corrected chi connectivity index (χ1v) is 9.14. The summed E-state index contributed by atoms with van der Waals surface area (Å²) in [7, 11) is 1.88. The fraction of sp³-hybridized carbons (Fsp3) is 0.150. The predicted molar refractivity (Wildman–Crippen MR) is 103 cm³/mol. The van der Waals surface area contributed by atoms with E-state index in [-0.39, 0.29) is 11.9 Å². The number of aromatic nitrogens is 3. The van der Waals surface area contributed by atoms with Crippen molar-refractivity contribution in [2.75, 3.05) is 0 Å². The summed E-state index contributed by atoms with van der Waals surface area (Å²) in [4.78, 5) is 17.4. The number of aryl methyl sites for hydroxylation is 2. The van der Waals surface area contributed by atoms with E-state index in [1.807, 2.05) is 68.6 Å². The van der Waals surface area contributed by atoms with Crippen LogP contribution in [0, 0.1) is 6.92 Å². The van der Waals surface area contributed by atoms with Gasteiger partial charge in [-0.25, -0.2) is 4.98 Å². The SMILES string of the molecule is Cc1nc2ccc(C(=O)N[C@H](c3ccccc3)c3ccnn3C)cc2s1. The summed E-state index contributed by atoms with van der Waals surface area (Å²) < 4.78 is 2.81. The third kappa shape index (κ3) is 3.11. The molecule has 0 fully saturated rings. The average molecular weight is 362 g/mol. The van der Waals surface area contributed by atoms with Crippen LogP contribution >= 0.6 is 11.3 Å². The summed E-state index contributed by atoms with van der Waals surface area (Å²) in [5.41, 5.74) is 3.50. The Labute approximate surface area is 155 Å². The number of fused-ring (bicyclic) bond motifs is 1. The third-order valence-corrected chi connectivity index (χ3v) is 5.25. The zero-order chi connectivity index (χ0) is 18.1. The van der Waals surface area contributed by atoms with Crippen LogP contribution in [0.3, 0.4) is 0 Å². The molecule has 1 atom stereocenters. The minimum Gasteiger partial charge on any atom is -0.340 e. The number of carbonyl (C=O) groups excluding carboxylic acids is 1. The van der Waals surface area contributed by atoms with Crippen LogP contribution in [-0.2, 0) is 7.05 Å². The first-order chi connectivity index (χ1) is 12.6. The van der Waals surface area contributed by atoms with Gasteiger partial charge < -0.3 is 5.32 Å². The Kier molecular flexibility index (Phi) is 4.26. The molecular weight excluding hydrogens is 344 g/mol. The standard InChI is InChI=1S/C20H18N4OS/c1-13-22-16-9-8-15(12-18(16)26-13)20(25)23-19(14-6-4-3-5-7-14)17-10-11-21-24(17)2/h3-12,19H,1-2H3,(H,23,25)/t19-/m1/s1. The van der Waals surface area contributed by atoms with Crippen LogP contribution in [0.15, 0.2) is 60.8 Å². The van der Waals surface area contributed by atoms with Crippen molar-refractivity contribution in [2.45, 2.75) is 13.0 Å². The number of carbonyl (C=O) groups is 1. The van der Waals surface area contributed by atoms with Gasteiger partial charge in [0.15, 0.2) is 0 Å². The van der Waals surface area contributed by atoms with E-state index in [0.717, 1.165) is 26.5 Å². The molecule has 6 heteroatoms. The van der Waals surface area contributed by atoms with Gasteiger partial charge in [-0.05, 0) is 36.8 Å². The summed E-state index contributed by atoms with van der Waals surface area (Å²) in [6.45, 7) is 1.97. The van der Waals surface area contributed by atoms with Crippen LogP contribution in [0.25, 0.3) is 10.2 Å². The highest BCUT2D eigenvalue weighted by molar-refractivity contribution is 7.18. The highest BCUT2D eigenvalue weighted by Crippen LogP contribution is 2.25. The van der Waals surface area contributed by atoms with Crippen molar-refractivity contribution in [2.24, 2.45) is 7.05 Å². The Morgan fingerprint density at radius 1 is 1.15 bits per heavy atom. The van der Waals surface area contributed by atoms with E-state index in [1.54, 1.807) is 22.2 Å². The molecule has 2 heterocycles. The summed E-state index contributed by atoms with van der Waals surface area (Å²) >= 11 is 1.59. The van der Waals surface area contributed by atoms with Gasteiger partial charge in [0.25, 0.3) is 5.91 Å². The van der Waals surface area contributed by atoms with Crippen molar-refractivity contribution in [1.82, 2.24) is 20.1 Å². The molecule has 2 aromatic carbocycles. The third-order valence-electron chi connectivity index (χ3n) is 4.32. The van der Waals surface area contributed by atoms with E-state index < -0.39 is 0 Å². The maximum atomic E-state index is 12.9. The Morgan fingerprint density at radius 2 is 1.96 bits per heavy atom. The Bertz CT molecular complexity index is 1070. The molecule has 4 rings (SSSR count). The van der Waals surface area contributed by atoms with Gasteiger partial charge >= 0.3 is 0 Å². The van der Waals surface area contributed by atoms with E-state index in [4.69, 9.17) is 0 Å². The second kappa shape index (κ2) is 6.72. The van der Waals surface area contributed by atoms with Crippen molar-refractivity contribution >= 4 is 27.5 Å². The molecular formula is C20H18N4OS. The van der Waals surface area contributed by atoms with Gasteiger partial charge in [-0.3, -0.25) is 9.48 Å². The maximum absolute atomic E-state index is 12.9. The molecule has 4 aromatic rings. The van der Waals surface area contributed by atoms with Gasteiger partial charge in [0, 0.05) is 18.8 Å². The van der Waals surface area contributed by atoms with E-state index >= 15 is 0 Å². The summed E-state index contributed by atoms with van der Waals surface area (Å²) in [5, 5.41) is 8.39. The highest BCUT2D eigenvalue weighted by atomic mass is 32.1. The number of rotatable bonds is 4. The smallest absolute Gasteiger partial charge is 0.252 e. The lowest BCUT2D eigenvalue weighted by atomic mass is 10.0. The van der Waals surface area contributed by atoms with Crippen molar-refractivity contribution in [3.63, 3.8) is 0 Å². The topological polar surface area (TPSA) is 59.8 Å². The molecule has 2 aromatic heterocycles. The van der Waals surface area contributed by atoms with Crippen LogP contribution in [0.5, 0.6) is 0 Å². The highest BCUT2D eigenvalue weighted by Gasteiger charge is 2.20. The first-order valence-electron chi connectivity index (χ1n) is 8.33. The molecule has 0 aliphatic carbocycles. The molecule has 1 N–H and O–H groups in total. The fourth-order valence-electron chi connectivity index (χ4n) is 3.04. The summed E-state index contributed by atoms with van der Waals surface area (Å²) in [6, 6.07) is 17.2. The Hall–Kier alpha value is -2.99. The number of hydrogen-bond acceptors (Lipinski definition) is 4. The van der Waals surface area contributed by atoms with E-state index in [1.165, 1.54) is 0 Å². The summed E-state index contributed by atoms with van der Waals surface area (Å²) in [5.74, 6) is -0.118. The zero-order valence-electron chi connectivity index (χ0n) is 14.5. The van der Waals surface area contributed by atoms with Crippen molar-refractivity contribution in [1.29, 1.82) is 0 Å². The molecule has 0 bridgehead atoms. The molecule has 0 aliphatic heterocycles. The monoisotopic (exact) mass is 362 g/mol. The molecule has 1 amide bonds. The molecule has 0 unspecified atom stereocenters. The van der Waals surface area contributed by atoms with Crippen LogP contribution < -0.4 is 5.32 Å². The largest absolute Gasteiger partial charge is 0.340 e. The summed E-state index contributed by atoms with van der Waals surface area (Å²) in [6.07, 6.45) is 1.74. The Morgan fingerprint density at radius 3 is 2.69 bits per heavy atom. The molecule has 0 saturated heterocycles. The predicted octanol–water partition coefficient (Wildman–Crippen LogP) is 3.86. The molecule has 26 heavy (non-hydrogen) atoms. The number of hydrogen-bond donors (Lipinski definition) is 1. The number of thiazole rings is 1. The van der Waals surface area contributed by atoms with Crippen molar-refractivity contribution in [3.8, 4) is 0 Å². The number of nitrogens with zero attached hydrogens (tertiary/aromatic N) is 3. The molecule has 0 spiro atoms. The second-order valence-corrected chi connectivity index (χ2v) is 7.35. The van der Waals surface area contributed by atoms with Crippen molar-refractivity contribution < 1.29 is 4.79 Å². The lowest BCUT2D eigenvalue weighted by molar-refractivity contribution is 0.0942. The zero-order valence-corrected chi connectivity index (χ0v) is 15.3. The molecule has 0 aliphatic rings. The Balaban J connectivity index is 1.68. The van der Waals surface area contributed by atoms with Gasteiger partial charge in [0.2, 0.25) is 0 Å².